The number of rotatable bonds is 77. The number of unbranched alkanes of at least 4 members (excludes halogenated alkanes) is 40. The number of esters is 4. The molecular weight excluding hydrogens is 1320 g/mol. The molecule has 0 spiro atoms. The first-order valence-electron chi connectivity index (χ1n) is 41.2. The lowest BCUT2D eigenvalue weighted by Crippen LogP contribution is -2.30. The lowest BCUT2D eigenvalue weighted by atomic mass is 9.99. The van der Waals surface area contributed by atoms with Gasteiger partial charge in [0, 0.05) is 25.7 Å². The fourth-order valence-corrected chi connectivity index (χ4v) is 13.2. The largest absolute Gasteiger partial charge is 0.472 e. The van der Waals surface area contributed by atoms with Gasteiger partial charge in [0.25, 0.3) is 0 Å². The summed E-state index contributed by atoms with van der Waals surface area (Å²) in [7, 11) is -9.95. The monoisotopic (exact) mass is 1470 g/mol. The Bertz CT molecular complexity index is 2130. The fraction of sp³-hybridized carbons (Fsp3) is 0.854. The molecule has 3 unspecified atom stereocenters. The Kier molecular flexibility index (Phi) is 70.4. The molecule has 0 saturated carbocycles. The first-order chi connectivity index (χ1) is 48.9. The molecule has 0 heterocycles. The molecule has 0 aliphatic heterocycles. The number of phosphoric ester groups is 2. The Morgan fingerprint density at radius 3 is 0.881 bits per heavy atom. The normalized spacial score (nSPS) is 14.5. The zero-order valence-electron chi connectivity index (χ0n) is 65.2. The average molecular weight is 1470 g/mol. The van der Waals surface area contributed by atoms with E-state index in [4.69, 9.17) is 37.0 Å². The predicted molar refractivity (Wildman–Crippen MR) is 413 cm³/mol. The molecule has 0 aliphatic carbocycles. The number of hydrogen-bond acceptors (Lipinski definition) is 15. The Balaban J connectivity index is 5.33. The number of phosphoric acid groups is 2. The summed E-state index contributed by atoms with van der Waals surface area (Å²) in [4.78, 5) is 73.0. The van der Waals surface area contributed by atoms with E-state index in [-0.39, 0.29) is 25.7 Å². The van der Waals surface area contributed by atoms with Gasteiger partial charge >= 0.3 is 39.5 Å². The van der Waals surface area contributed by atoms with Crippen molar-refractivity contribution in [1.82, 2.24) is 0 Å². The predicted octanol–water partition coefficient (Wildman–Crippen LogP) is 23.8. The van der Waals surface area contributed by atoms with Crippen molar-refractivity contribution in [3.05, 3.63) is 48.6 Å². The smallest absolute Gasteiger partial charge is 0.462 e. The van der Waals surface area contributed by atoms with Crippen LogP contribution in [0.2, 0.25) is 0 Å². The van der Waals surface area contributed by atoms with E-state index in [9.17, 15) is 43.2 Å². The number of carbonyl (C=O) groups is 4. The number of ether oxygens (including phenoxy) is 4. The standard InChI is InChI=1S/C82H152O17P2/c1-7-10-12-14-16-18-20-22-26-31-35-39-46-52-58-64-79(84)92-70-77(98-81(86)67-61-55-49-41-37-33-29-25-24-28-30-34-38-44-50-56-62-74(4)5)72-96-100(88,89)94-68-76(83)69-95-101(90,91)97-73-78(71-93-80(85)65-59-53-47-43-42-45-51-57-63-75(6)9-3)99-82(87)66-60-54-48-40-36-32-27-23-21-19-17-15-13-11-8-2/h18-23,26-27,74-78,83H,7-17,24-25,28-73H2,1-6H3,(H,88,89)(H,90,91)/b20-18-,21-19-,26-22-,27-23-/t75?,76-,77-,78-/m1/s1. The van der Waals surface area contributed by atoms with E-state index in [1.165, 1.54) is 167 Å². The van der Waals surface area contributed by atoms with Crippen molar-refractivity contribution < 1.29 is 80.2 Å². The van der Waals surface area contributed by atoms with Crippen LogP contribution in [-0.4, -0.2) is 96.7 Å². The third-order valence-corrected chi connectivity index (χ3v) is 20.2. The summed E-state index contributed by atoms with van der Waals surface area (Å²) in [6, 6.07) is 0. The van der Waals surface area contributed by atoms with Gasteiger partial charge in [0.1, 0.15) is 19.3 Å². The van der Waals surface area contributed by atoms with Gasteiger partial charge in [-0.05, 0) is 88.9 Å². The molecule has 0 aromatic heterocycles. The highest BCUT2D eigenvalue weighted by atomic mass is 31.2. The number of carbonyl (C=O) groups excluding carboxylic acids is 4. The summed E-state index contributed by atoms with van der Waals surface area (Å²) in [6.45, 7) is 9.53. The van der Waals surface area contributed by atoms with Crippen molar-refractivity contribution in [3.63, 3.8) is 0 Å². The lowest BCUT2D eigenvalue weighted by Gasteiger charge is -2.21. The number of hydrogen-bond donors (Lipinski definition) is 3. The summed E-state index contributed by atoms with van der Waals surface area (Å²) in [5.74, 6) is -0.590. The van der Waals surface area contributed by atoms with Gasteiger partial charge in [0.2, 0.25) is 0 Å². The van der Waals surface area contributed by atoms with E-state index >= 15 is 0 Å². The minimum Gasteiger partial charge on any atom is -0.462 e. The van der Waals surface area contributed by atoms with Gasteiger partial charge in [-0.1, -0.05) is 328 Å². The van der Waals surface area contributed by atoms with Crippen LogP contribution in [-0.2, 0) is 65.4 Å². The Hall–Kier alpha value is -2.98. The molecule has 19 heteroatoms. The summed E-state index contributed by atoms with van der Waals surface area (Å²) in [5.41, 5.74) is 0. The van der Waals surface area contributed by atoms with Crippen molar-refractivity contribution in [2.75, 3.05) is 39.6 Å². The minimum absolute atomic E-state index is 0.0823. The van der Waals surface area contributed by atoms with Crippen molar-refractivity contribution in [2.45, 2.75) is 400 Å². The third kappa shape index (κ3) is 73.7. The molecule has 6 atom stereocenters. The Labute approximate surface area is 617 Å². The third-order valence-electron chi connectivity index (χ3n) is 18.3. The second kappa shape index (κ2) is 72.6. The molecule has 0 aromatic carbocycles. The number of allylic oxidation sites excluding steroid dienone is 8. The van der Waals surface area contributed by atoms with Crippen LogP contribution < -0.4 is 0 Å². The van der Waals surface area contributed by atoms with Gasteiger partial charge in [0.15, 0.2) is 12.2 Å². The highest BCUT2D eigenvalue weighted by Gasteiger charge is 2.30. The summed E-state index contributed by atoms with van der Waals surface area (Å²) >= 11 is 0. The van der Waals surface area contributed by atoms with Crippen molar-refractivity contribution in [3.8, 4) is 0 Å². The van der Waals surface area contributed by atoms with Crippen LogP contribution in [0.5, 0.6) is 0 Å². The molecule has 101 heavy (non-hydrogen) atoms. The SMILES string of the molecule is CCCCCC/C=C\C=C/CCCCCCCC(=O)OC[C@H](COP(=O)(O)OC[C@@H](O)COP(=O)(O)OC[C@@H](COC(=O)CCCCCCCCCCC(C)CC)OC(=O)CCCCCCC/C=C\C=C/CCCCCC)OC(=O)CCCCCCCCCCCCCCCCCCC(C)C. The Morgan fingerprint density at radius 2 is 0.584 bits per heavy atom. The van der Waals surface area contributed by atoms with E-state index < -0.39 is 97.5 Å². The highest BCUT2D eigenvalue weighted by molar-refractivity contribution is 7.47. The van der Waals surface area contributed by atoms with Crippen LogP contribution >= 0.6 is 15.6 Å². The molecular formula is C82H152O17P2. The van der Waals surface area contributed by atoms with Gasteiger partial charge in [0.05, 0.1) is 26.4 Å². The zero-order chi connectivity index (χ0) is 74.2. The summed E-state index contributed by atoms with van der Waals surface area (Å²) < 4.78 is 68.7. The molecule has 0 aliphatic rings. The molecule has 0 aromatic rings. The molecule has 592 valence electrons. The Morgan fingerprint density at radius 1 is 0.327 bits per heavy atom. The van der Waals surface area contributed by atoms with Gasteiger partial charge in [-0.25, -0.2) is 9.13 Å². The molecule has 17 nitrogen and oxygen atoms in total. The fourth-order valence-electron chi connectivity index (χ4n) is 11.6. The first kappa shape index (κ1) is 98.0. The van der Waals surface area contributed by atoms with Gasteiger partial charge in [-0.2, -0.15) is 0 Å². The summed E-state index contributed by atoms with van der Waals surface area (Å²) in [5, 5.41) is 10.6. The molecule has 0 amide bonds. The number of aliphatic hydroxyl groups excluding tert-OH is 1. The van der Waals surface area contributed by atoms with Gasteiger partial charge in [-0.15, -0.1) is 0 Å². The van der Waals surface area contributed by atoms with Gasteiger partial charge in [-0.3, -0.25) is 37.3 Å². The van der Waals surface area contributed by atoms with E-state index in [2.05, 4.69) is 90.2 Å². The first-order valence-corrected chi connectivity index (χ1v) is 44.2. The molecule has 0 rings (SSSR count). The van der Waals surface area contributed by atoms with Crippen LogP contribution in [0.15, 0.2) is 48.6 Å². The molecule has 0 saturated heterocycles. The molecule has 0 bridgehead atoms. The maximum Gasteiger partial charge on any atom is 0.472 e. The average Bonchev–Trinajstić information content (AvgIpc) is 0.990. The van der Waals surface area contributed by atoms with Crippen LogP contribution in [0.4, 0.5) is 0 Å². The van der Waals surface area contributed by atoms with Crippen LogP contribution in [0, 0.1) is 11.8 Å². The molecule has 0 fully saturated rings. The van der Waals surface area contributed by atoms with E-state index in [1.807, 2.05) is 0 Å². The number of aliphatic hydroxyl groups is 1. The summed E-state index contributed by atoms with van der Waals surface area (Å²) in [6.07, 6.45) is 68.1. The van der Waals surface area contributed by atoms with E-state index in [0.29, 0.717) is 25.7 Å². The van der Waals surface area contributed by atoms with Crippen LogP contribution in [0.3, 0.4) is 0 Å². The topological polar surface area (TPSA) is 237 Å². The van der Waals surface area contributed by atoms with Crippen molar-refractivity contribution in [2.24, 2.45) is 11.8 Å². The van der Waals surface area contributed by atoms with Crippen LogP contribution in [0.1, 0.15) is 382 Å². The quantitative estimate of drug-likeness (QED) is 0.0169. The van der Waals surface area contributed by atoms with E-state index in [1.54, 1.807) is 0 Å². The van der Waals surface area contributed by atoms with E-state index in [0.717, 1.165) is 134 Å². The van der Waals surface area contributed by atoms with Crippen molar-refractivity contribution in [1.29, 1.82) is 0 Å². The second-order valence-corrected chi connectivity index (χ2v) is 31.8. The molecule has 0 radical (unpaired) electrons. The van der Waals surface area contributed by atoms with Crippen molar-refractivity contribution >= 4 is 39.5 Å². The second-order valence-electron chi connectivity index (χ2n) is 28.9. The van der Waals surface area contributed by atoms with Crippen LogP contribution in [0.25, 0.3) is 0 Å². The lowest BCUT2D eigenvalue weighted by molar-refractivity contribution is -0.161. The minimum atomic E-state index is -4.97. The molecule has 3 N–H and O–H groups in total. The van der Waals surface area contributed by atoms with Gasteiger partial charge < -0.3 is 33.8 Å². The maximum atomic E-state index is 13.1. The highest BCUT2D eigenvalue weighted by Crippen LogP contribution is 2.45. The maximum absolute atomic E-state index is 13.1. The zero-order valence-corrected chi connectivity index (χ0v) is 67.0.